The van der Waals surface area contributed by atoms with Crippen molar-refractivity contribution in [2.24, 2.45) is 5.92 Å². The number of rotatable bonds is 5. The van der Waals surface area contributed by atoms with Crippen molar-refractivity contribution in [1.29, 1.82) is 0 Å². The first-order valence-corrected chi connectivity index (χ1v) is 8.66. The highest BCUT2D eigenvalue weighted by atomic mass is 16.1. The van der Waals surface area contributed by atoms with Gasteiger partial charge in [-0.15, -0.1) is 0 Å². The van der Waals surface area contributed by atoms with Crippen LogP contribution in [0, 0.1) is 5.92 Å². The van der Waals surface area contributed by atoms with Crippen molar-refractivity contribution in [1.82, 2.24) is 9.78 Å². The van der Waals surface area contributed by atoms with Gasteiger partial charge in [-0.05, 0) is 25.2 Å². The van der Waals surface area contributed by atoms with Crippen LogP contribution in [0.1, 0.15) is 76.7 Å². The third-order valence-corrected chi connectivity index (χ3v) is 5.11. The maximum Gasteiger partial charge on any atom is 0.225 e. The zero-order valence-corrected chi connectivity index (χ0v) is 12.9. The molecule has 3 rings (SSSR count). The van der Waals surface area contributed by atoms with E-state index < -0.39 is 0 Å². The number of nitrogens with zero attached hydrogens (tertiary/aromatic N) is 2. The van der Waals surface area contributed by atoms with E-state index in [4.69, 9.17) is 0 Å². The van der Waals surface area contributed by atoms with Gasteiger partial charge >= 0.3 is 0 Å². The van der Waals surface area contributed by atoms with Crippen molar-refractivity contribution in [2.75, 3.05) is 5.32 Å². The first-order chi connectivity index (χ1) is 10.3. The number of hydrogen-bond donors (Lipinski definition) is 1. The molecule has 21 heavy (non-hydrogen) atoms. The minimum absolute atomic E-state index is 0.153. The molecule has 1 N–H and O–H groups in total. The smallest absolute Gasteiger partial charge is 0.225 e. The van der Waals surface area contributed by atoms with Crippen LogP contribution < -0.4 is 5.32 Å². The molecule has 2 saturated carbocycles. The van der Waals surface area contributed by atoms with E-state index in [1.165, 1.54) is 57.8 Å². The molecule has 116 valence electrons. The molecule has 0 radical (unpaired) electrons. The summed E-state index contributed by atoms with van der Waals surface area (Å²) in [6.45, 7) is 0. The molecule has 0 unspecified atom stereocenters. The molecular weight excluding hydrogens is 262 g/mol. The van der Waals surface area contributed by atoms with Gasteiger partial charge in [0.2, 0.25) is 5.91 Å². The van der Waals surface area contributed by atoms with E-state index in [1.54, 1.807) is 6.20 Å². The number of carbonyl (C=O) groups is 1. The first-order valence-electron chi connectivity index (χ1n) is 8.66. The van der Waals surface area contributed by atoms with E-state index in [2.05, 4.69) is 10.4 Å². The van der Waals surface area contributed by atoms with Crippen molar-refractivity contribution in [3.63, 3.8) is 0 Å². The van der Waals surface area contributed by atoms with E-state index in [1.807, 2.05) is 10.7 Å². The molecule has 1 heterocycles. The van der Waals surface area contributed by atoms with E-state index in [0.717, 1.165) is 18.2 Å². The summed E-state index contributed by atoms with van der Waals surface area (Å²) < 4.78 is 2.02. The van der Waals surface area contributed by atoms with Crippen molar-refractivity contribution in [3.05, 3.63) is 12.3 Å². The molecule has 0 atom stereocenters. The van der Waals surface area contributed by atoms with Gasteiger partial charge in [0, 0.05) is 12.5 Å². The Hall–Kier alpha value is -1.32. The largest absolute Gasteiger partial charge is 0.311 e. The van der Waals surface area contributed by atoms with Crippen molar-refractivity contribution in [2.45, 2.75) is 76.7 Å². The second-order valence-corrected chi connectivity index (χ2v) is 6.69. The average molecular weight is 289 g/mol. The summed E-state index contributed by atoms with van der Waals surface area (Å²) in [5.41, 5.74) is 0. The quantitative estimate of drug-likeness (QED) is 0.878. The second-order valence-electron chi connectivity index (χ2n) is 6.69. The van der Waals surface area contributed by atoms with Crippen LogP contribution in [0.15, 0.2) is 12.3 Å². The van der Waals surface area contributed by atoms with Crippen LogP contribution in [0.2, 0.25) is 0 Å². The second kappa shape index (κ2) is 7.10. The SMILES string of the molecule is O=C(CCC1CCCCC1)Nc1ccnn1C1CCCC1. The van der Waals surface area contributed by atoms with Gasteiger partial charge in [0.15, 0.2) is 0 Å². The van der Waals surface area contributed by atoms with Crippen molar-refractivity contribution in [3.8, 4) is 0 Å². The normalized spacial score (nSPS) is 20.8. The monoisotopic (exact) mass is 289 g/mol. The number of nitrogens with one attached hydrogen (secondary N) is 1. The molecule has 2 fully saturated rings. The Morgan fingerprint density at radius 1 is 1.14 bits per heavy atom. The Balaban J connectivity index is 1.49. The Morgan fingerprint density at radius 3 is 2.62 bits per heavy atom. The topological polar surface area (TPSA) is 46.9 Å². The standard InChI is InChI=1S/C17H27N3O/c21-17(11-10-14-6-2-1-3-7-14)19-16-12-13-18-20(16)15-8-4-5-9-15/h12-15H,1-11H2,(H,19,21). The van der Waals surface area contributed by atoms with Gasteiger partial charge in [-0.3, -0.25) is 4.79 Å². The Labute approximate surface area is 127 Å². The fraction of sp³-hybridized carbons (Fsp3) is 0.765. The van der Waals surface area contributed by atoms with Crippen LogP contribution >= 0.6 is 0 Å². The molecule has 1 amide bonds. The molecule has 2 aliphatic carbocycles. The van der Waals surface area contributed by atoms with Gasteiger partial charge in [0.1, 0.15) is 5.82 Å². The van der Waals surface area contributed by atoms with Gasteiger partial charge in [0.05, 0.1) is 12.2 Å². The molecule has 0 aliphatic heterocycles. The highest BCUT2D eigenvalue weighted by Gasteiger charge is 2.21. The molecule has 1 aromatic rings. The fourth-order valence-electron chi connectivity index (χ4n) is 3.87. The lowest BCUT2D eigenvalue weighted by Gasteiger charge is -2.21. The summed E-state index contributed by atoms with van der Waals surface area (Å²) in [7, 11) is 0. The van der Waals surface area contributed by atoms with Crippen LogP contribution in [0.3, 0.4) is 0 Å². The maximum atomic E-state index is 12.2. The van der Waals surface area contributed by atoms with Crippen LogP contribution in [0.4, 0.5) is 5.82 Å². The van der Waals surface area contributed by atoms with E-state index in [0.29, 0.717) is 12.5 Å². The zero-order valence-electron chi connectivity index (χ0n) is 12.9. The molecule has 4 nitrogen and oxygen atoms in total. The molecule has 0 aromatic carbocycles. The van der Waals surface area contributed by atoms with Gasteiger partial charge in [0.25, 0.3) is 0 Å². The third kappa shape index (κ3) is 3.86. The van der Waals surface area contributed by atoms with Gasteiger partial charge in [-0.1, -0.05) is 44.9 Å². The summed E-state index contributed by atoms with van der Waals surface area (Å²) in [4.78, 5) is 12.2. The summed E-state index contributed by atoms with van der Waals surface area (Å²) in [6.07, 6.45) is 15.1. The first kappa shape index (κ1) is 14.6. The van der Waals surface area contributed by atoms with Crippen LogP contribution in [0.25, 0.3) is 0 Å². The predicted molar refractivity (Wildman–Crippen MR) is 84.2 cm³/mol. The number of amides is 1. The highest BCUT2D eigenvalue weighted by molar-refractivity contribution is 5.89. The van der Waals surface area contributed by atoms with Gasteiger partial charge in [-0.2, -0.15) is 5.10 Å². The Kier molecular flexibility index (Phi) is 4.94. The van der Waals surface area contributed by atoms with Crippen molar-refractivity contribution < 1.29 is 4.79 Å². The van der Waals surface area contributed by atoms with E-state index in [-0.39, 0.29) is 5.91 Å². The zero-order chi connectivity index (χ0) is 14.5. The predicted octanol–water partition coefficient (Wildman–Crippen LogP) is 4.30. The van der Waals surface area contributed by atoms with Crippen LogP contribution in [-0.2, 0) is 4.79 Å². The van der Waals surface area contributed by atoms with Gasteiger partial charge in [-0.25, -0.2) is 4.68 Å². The lowest BCUT2D eigenvalue weighted by Crippen LogP contribution is -2.18. The fourth-order valence-corrected chi connectivity index (χ4v) is 3.87. The van der Waals surface area contributed by atoms with E-state index in [9.17, 15) is 4.79 Å². The summed E-state index contributed by atoms with van der Waals surface area (Å²) in [5, 5.41) is 7.47. The number of carbonyl (C=O) groups excluding carboxylic acids is 1. The molecule has 0 saturated heterocycles. The minimum Gasteiger partial charge on any atom is -0.311 e. The molecule has 0 bridgehead atoms. The molecule has 1 aromatic heterocycles. The number of hydrogen-bond acceptors (Lipinski definition) is 2. The summed E-state index contributed by atoms with van der Waals surface area (Å²) >= 11 is 0. The lowest BCUT2D eigenvalue weighted by atomic mass is 9.86. The number of anilines is 1. The maximum absolute atomic E-state index is 12.2. The van der Waals surface area contributed by atoms with Crippen LogP contribution in [0.5, 0.6) is 0 Å². The molecule has 2 aliphatic rings. The Bertz CT molecular complexity index is 456. The molecular formula is C17H27N3O. The summed E-state index contributed by atoms with van der Waals surface area (Å²) in [6, 6.07) is 2.41. The summed E-state index contributed by atoms with van der Waals surface area (Å²) in [5.74, 6) is 1.81. The number of aromatic nitrogens is 2. The van der Waals surface area contributed by atoms with Gasteiger partial charge < -0.3 is 5.32 Å². The lowest BCUT2D eigenvalue weighted by molar-refractivity contribution is -0.116. The molecule has 4 heteroatoms. The van der Waals surface area contributed by atoms with E-state index >= 15 is 0 Å². The van der Waals surface area contributed by atoms with Crippen molar-refractivity contribution >= 4 is 11.7 Å². The molecule has 0 spiro atoms. The highest BCUT2D eigenvalue weighted by Crippen LogP contribution is 2.31. The third-order valence-electron chi connectivity index (χ3n) is 5.11. The van der Waals surface area contributed by atoms with Crippen LogP contribution in [-0.4, -0.2) is 15.7 Å². The Morgan fingerprint density at radius 2 is 1.86 bits per heavy atom. The average Bonchev–Trinajstić information content (AvgIpc) is 3.17. The minimum atomic E-state index is 0.153.